The maximum absolute atomic E-state index is 13.1. The third kappa shape index (κ3) is 4.78. The summed E-state index contributed by atoms with van der Waals surface area (Å²) in [6.07, 6.45) is 0. The van der Waals surface area contributed by atoms with Crippen molar-refractivity contribution in [1.82, 2.24) is 10.2 Å². The molecule has 180 valence electrons. The number of thioether (sulfide) groups is 1. The molecule has 0 unspecified atom stereocenters. The van der Waals surface area contributed by atoms with Crippen LogP contribution in [-0.2, 0) is 14.8 Å². The molecule has 9 nitrogen and oxygen atoms in total. The first-order valence-corrected chi connectivity index (χ1v) is 13.5. The van der Waals surface area contributed by atoms with Crippen LogP contribution >= 0.6 is 11.8 Å². The molecule has 1 N–H and O–H groups in total. The number of amides is 1. The highest BCUT2D eigenvalue weighted by atomic mass is 32.2. The van der Waals surface area contributed by atoms with Gasteiger partial charge in [0.05, 0.1) is 37.8 Å². The molecule has 0 spiro atoms. The smallest absolute Gasteiger partial charge is 0.257 e. The van der Waals surface area contributed by atoms with Gasteiger partial charge in [0.15, 0.2) is 5.17 Å². The lowest BCUT2D eigenvalue weighted by atomic mass is 10.0. The summed E-state index contributed by atoms with van der Waals surface area (Å²) in [5.41, 5.74) is 2.52. The van der Waals surface area contributed by atoms with Crippen molar-refractivity contribution in [3.05, 3.63) is 53.6 Å². The Morgan fingerprint density at radius 1 is 1.18 bits per heavy atom. The predicted molar refractivity (Wildman–Crippen MR) is 131 cm³/mol. The lowest BCUT2D eigenvalue weighted by Gasteiger charge is -2.35. The molecule has 34 heavy (non-hydrogen) atoms. The lowest BCUT2D eigenvalue weighted by molar-refractivity contribution is 0.0162. The first kappa shape index (κ1) is 23.2. The number of sulfonamides is 1. The number of carbonyl (C=O) groups excluding carboxylic acids is 1. The normalized spacial score (nSPS) is 20.1. The largest absolute Gasteiger partial charge is 0.497 e. The Balaban J connectivity index is 1.31. The highest BCUT2D eigenvalue weighted by Crippen LogP contribution is 2.42. The van der Waals surface area contributed by atoms with E-state index in [1.807, 2.05) is 35.2 Å². The molecule has 0 radical (unpaired) electrons. The SMILES string of the molecule is COc1ccc([C@H](CNC(=O)c2ccc3c(c2)SC2=NS(=O)(=O)CCN23)N2CCOCC2)cc1. The Morgan fingerprint density at radius 2 is 1.94 bits per heavy atom. The van der Waals surface area contributed by atoms with E-state index in [1.165, 1.54) is 11.8 Å². The minimum absolute atomic E-state index is 0.00692. The number of benzene rings is 2. The summed E-state index contributed by atoms with van der Waals surface area (Å²) < 4.78 is 38.4. The van der Waals surface area contributed by atoms with Crippen molar-refractivity contribution < 1.29 is 22.7 Å². The maximum atomic E-state index is 13.1. The number of rotatable bonds is 6. The van der Waals surface area contributed by atoms with Crippen molar-refractivity contribution in [2.24, 2.45) is 4.40 Å². The molecule has 0 aliphatic carbocycles. The van der Waals surface area contributed by atoms with Crippen LogP contribution in [-0.4, -0.2) is 76.6 Å². The van der Waals surface area contributed by atoms with Crippen molar-refractivity contribution in [3.8, 4) is 5.75 Å². The first-order valence-electron chi connectivity index (χ1n) is 11.1. The summed E-state index contributed by atoms with van der Waals surface area (Å²) in [6, 6.07) is 13.4. The summed E-state index contributed by atoms with van der Waals surface area (Å²) in [5, 5.41) is 3.54. The van der Waals surface area contributed by atoms with Gasteiger partial charge < -0.3 is 19.7 Å². The quantitative estimate of drug-likeness (QED) is 0.641. The number of hydrogen-bond acceptors (Lipinski definition) is 8. The molecule has 0 aromatic heterocycles. The summed E-state index contributed by atoms with van der Waals surface area (Å²) in [4.78, 5) is 18.1. The van der Waals surface area contributed by atoms with E-state index in [0.717, 1.165) is 35.0 Å². The molecule has 1 saturated heterocycles. The zero-order valence-corrected chi connectivity index (χ0v) is 20.4. The standard InChI is InChI=1S/C23H26N4O5S2/c1-31-18-5-2-16(3-6-18)20(26-8-11-32-12-9-26)15-24-22(28)17-4-7-19-21(14-17)33-23-25-34(29,30)13-10-27(19)23/h2-7,14,20H,8-13,15H2,1H3,(H,24,28)/t20-/m0/s1. The Bertz CT molecular complexity index is 1210. The number of anilines is 1. The number of ether oxygens (including phenoxy) is 2. The second-order valence-electron chi connectivity index (χ2n) is 8.24. The van der Waals surface area contributed by atoms with Gasteiger partial charge in [-0.3, -0.25) is 9.69 Å². The Hall–Kier alpha value is -2.60. The molecule has 1 fully saturated rings. The zero-order valence-electron chi connectivity index (χ0n) is 18.8. The second kappa shape index (κ2) is 9.57. The van der Waals surface area contributed by atoms with Crippen LogP contribution in [0.3, 0.4) is 0 Å². The van der Waals surface area contributed by atoms with Gasteiger partial charge in [-0.25, -0.2) is 8.42 Å². The van der Waals surface area contributed by atoms with E-state index in [1.54, 1.807) is 19.2 Å². The molecule has 2 aromatic carbocycles. The van der Waals surface area contributed by atoms with Crippen molar-refractivity contribution in [1.29, 1.82) is 0 Å². The molecule has 3 aliphatic heterocycles. The number of methoxy groups -OCH3 is 1. The summed E-state index contributed by atoms with van der Waals surface area (Å²) in [7, 11) is -1.78. The van der Waals surface area contributed by atoms with E-state index < -0.39 is 10.0 Å². The van der Waals surface area contributed by atoms with E-state index in [9.17, 15) is 13.2 Å². The fourth-order valence-electron chi connectivity index (χ4n) is 4.34. The molecule has 11 heteroatoms. The van der Waals surface area contributed by atoms with Gasteiger partial charge in [-0.15, -0.1) is 4.40 Å². The van der Waals surface area contributed by atoms with Gasteiger partial charge >= 0.3 is 0 Å². The molecule has 3 heterocycles. The number of hydrogen-bond donors (Lipinski definition) is 1. The topological polar surface area (TPSA) is 101 Å². The number of nitrogens with one attached hydrogen (secondary N) is 1. The fraction of sp³-hybridized carbons (Fsp3) is 0.391. The molecular formula is C23H26N4O5S2. The van der Waals surface area contributed by atoms with Gasteiger partial charge in [0.1, 0.15) is 5.75 Å². The Kier molecular flexibility index (Phi) is 6.52. The highest BCUT2D eigenvalue weighted by molar-refractivity contribution is 8.15. The lowest BCUT2D eigenvalue weighted by Crippen LogP contribution is -2.43. The van der Waals surface area contributed by atoms with E-state index in [-0.39, 0.29) is 17.7 Å². The summed E-state index contributed by atoms with van der Waals surface area (Å²) >= 11 is 1.28. The number of nitrogens with zero attached hydrogens (tertiary/aromatic N) is 3. The van der Waals surface area contributed by atoms with Crippen molar-refractivity contribution in [3.63, 3.8) is 0 Å². The average Bonchev–Trinajstić information content (AvgIpc) is 3.20. The molecule has 5 rings (SSSR count). The predicted octanol–water partition coefficient (Wildman–Crippen LogP) is 2.11. The van der Waals surface area contributed by atoms with E-state index in [0.29, 0.717) is 37.0 Å². The third-order valence-electron chi connectivity index (χ3n) is 6.18. The van der Waals surface area contributed by atoms with E-state index >= 15 is 0 Å². The van der Waals surface area contributed by atoms with Gasteiger partial charge in [0.2, 0.25) is 0 Å². The third-order valence-corrected chi connectivity index (χ3v) is 8.48. The van der Waals surface area contributed by atoms with Gasteiger partial charge in [-0.1, -0.05) is 12.1 Å². The van der Waals surface area contributed by atoms with Gasteiger partial charge in [0.25, 0.3) is 15.9 Å². The van der Waals surface area contributed by atoms with Crippen LogP contribution in [0.15, 0.2) is 51.8 Å². The molecule has 0 bridgehead atoms. The van der Waals surface area contributed by atoms with E-state index in [2.05, 4.69) is 14.6 Å². The van der Waals surface area contributed by atoms with Gasteiger partial charge in [-0.05, 0) is 47.7 Å². The summed E-state index contributed by atoms with van der Waals surface area (Å²) in [6.45, 7) is 3.74. The van der Waals surface area contributed by atoms with Crippen LogP contribution < -0.4 is 15.0 Å². The molecule has 1 amide bonds. The Labute approximate surface area is 203 Å². The highest BCUT2D eigenvalue weighted by Gasteiger charge is 2.33. The minimum atomic E-state index is -3.42. The molecule has 3 aliphatic rings. The van der Waals surface area contributed by atoms with Crippen LogP contribution in [0.2, 0.25) is 0 Å². The fourth-order valence-corrected chi connectivity index (χ4v) is 6.63. The summed E-state index contributed by atoms with van der Waals surface area (Å²) in [5.74, 6) is 0.611. The zero-order chi connectivity index (χ0) is 23.7. The van der Waals surface area contributed by atoms with E-state index in [4.69, 9.17) is 9.47 Å². The average molecular weight is 503 g/mol. The molecule has 1 atom stereocenters. The van der Waals surface area contributed by atoms with Gasteiger partial charge in [0, 0.05) is 36.6 Å². The van der Waals surface area contributed by atoms with Crippen molar-refractivity contribution >= 4 is 38.5 Å². The number of carbonyl (C=O) groups is 1. The minimum Gasteiger partial charge on any atom is -0.497 e. The van der Waals surface area contributed by atoms with Crippen LogP contribution in [0.25, 0.3) is 0 Å². The van der Waals surface area contributed by atoms with Gasteiger partial charge in [-0.2, -0.15) is 0 Å². The second-order valence-corrected chi connectivity index (χ2v) is 11.0. The number of fused-ring (bicyclic) bond motifs is 3. The van der Waals surface area contributed by atoms with Crippen molar-refractivity contribution in [2.75, 3.05) is 57.2 Å². The monoisotopic (exact) mass is 502 g/mol. The molecule has 2 aromatic rings. The molecule has 0 saturated carbocycles. The Morgan fingerprint density at radius 3 is 2.68 bits per heavy atom. The van der Waals surface area contributed by atoms with Crippen LogP contribution in [0.1, 0.15) is 22.0 Å². The molecular weight excluding hydrogens is 476 g/mol. The van der Waals surface area contributed by atoms with Crippen LogP contribution in [0.5, 0.6) is 5.75 Å². The van der Waals surface area contributed by atoms with Crippen LogP contribution in [0.4, 0.5) is 5.69 Å². The first-order chi connectivity index (χ1) is 16.4. The number of amidine groups is 1. The maximum Gasteiger partial charge on any atom is 0.257 e. The van der Waals surface area contributed by atoms with Crippen molar-refractivity contribution in [2.45, 2.75) is 10.9 Å². The number of morpholine rings is 1. The van der Waals surface area contributed by atoms with Crippen LogP contribution in [0, 0.1) is 0 Å².